The van der Waals surface area contributed by atoms with Crippen molar-refractivity contribution in [3.63, 3.8) is 0 Å². The second kappa shape index (κ2) is 8.89. The molecule has 1 amide bonds. The summed E-state index contributed by atoms with van der Waals surface area (Å²) in [6.45, 7) is 5.80. The Kier molecular flexibility index (Phi) is 7.53. The van der Waals surface area contributed by atoms with Crippen LogP contribution in [0.4, 0.5) is 0 Å². The zero-order valence-electron chi connectivity index (χ0n) is 12.7. The van der Waals surface area contributed by atoms with Crippen molar-refractivity contribution >= 4 is 21.8 Å². The van der Waals surface area contributed by atoms with Gasteiger partial charge < -0.3 is 20.5 Å². The molecular formula is C15H23BrN2O3. The first kappa shape index (κ1) is 17.8. The second-order valence-corrected chi connectivity index (χ2v) is 5.75. The van der Waals surface area contributed by atoms with E-state index in [0.29, 0.717) is 11.5 Å². The molecular weight excluding hydrogens is 336 g/mol. The van der Waals surface area contributed by atoms with Crippen LogP contribution in [0.1, 0.15) is 25.8 Å². The Bertz CT molecular complexity index is 480. The average Bonchev–Trinajstić information content (AvgIpc) is 2.45. The number of ether oxygens (including phenoxy) is 2. The summed E-state index contributed by atoms with van der Waals surface area (Å²) in [6.07, 6.45) is 1.09. The monoisotopic (exact) mass is 358 g/mol. The maximum atomic E-state index is 11.1. The molecule has 0 fully saturated rings. The quantitative estimate of drug-likeness (QED) is 0.665. The van der Waals surface area contributed by atoms with E-state index in [4.69, 9.17) is 15.2 Å². The summed E-state index contributed by atoms with van der Waals surface area (Å²) in [5, 5.41) is 3.34. The maximum Gasteiger partial charge on any atom is 0.223 e. The first-order valence-corrected chi connectivity index (χ1v) is 7.78. The van der Waals surface area contributed by atoms with Gasteiger partial charge in [-0.25, -0.2) is 0 Å². The van der Waals surface area contributed by atoms with Gasteiger partial charge in [-0.3, -0.25) is 4.79 Å². The van der Waals surface area contributed by atoms with Crippen LogP contribution in [0, 0.1) is 5.92 Å². The van der Waals surface area contributed by atoms with Gasteiger partial charge in [0.2, 0.25) is 5.91 Å². The SMILES string of the molecule is CCCNCc1cc(Br)c(OCC(C)C(N)=O)c(OC)c1. The molecule has 118 valence electrons. The third-order valence-corrected chi connectivity index (χ3v) is 3.60. The van der Waals surface area contributed by atoms with E-state index in [-0.39, 0.29) is 18.4 Å². The van der Waals surface area contributed by atoms with Crippen LogP contribution in [0.3, 0.4) is 0 Å². The molecule has 0 bridgehead atoms. The van der Waals surface area contributed by atoms with Crippen LogP contribution in [0.15, 0.2) is 16.6 Å². The van der Waals surface area contributed by atoms with E-state index in [2.05, 4.69) is 28.2 Å². The number of amides is 1. The van der Waals surface area contributed by atoms with Crippen molar-refractivity contribution in [2.24, 2.45) is 11.7 Å². The van der Waals surface area contributed by atoms with E-state index in [9.17, 15) is 4.79 Å². The van der Waals surface area contributed by atoms with E-state index in [1.165, 1.54) is 0 Å². The molecule has 1 unspecified atom stereocenters. The summed E-state index contributed by atoms with van der Waals surface area (Å²) in [5.41, 5.74) is 6.33. The summed E-state index contributed by atoms with van der Waals surface area (Å²) in [4.78, 5) is 11.1. The van der Waals surface area contributed by atoms with E-state index < -0.39 is 0 Å². The van der Waals surface area contributed by atoms with Gasteiger partial charge in [0.1, 0.15) is 0 Å². The van der Waals surface area contributed by atoms with Crippen molar-refractivity contribution in [1.82, 2.24) is 5.32 Å². The molecule has 1 rings (SSSR count). The van der Waals surface area contributed by atoms with Crippen LogP contribution < -0.4 is 20.5 Å². The number of carbonyl (C=O) groups excluding carboxylic acids is 1. The highest BCUT2D eigenvalue weighted by atomic mass is 79.9. The molecule has 5 nitrogen and oxygen atoms in total. The summed E-state index contributed by atoms with van der Waals surface area (Å²) in [5.74, 6) is 0.483. The fourth-order valence-corrected chi connectivity index (χ4v) is 2.32. The van der Waals surface area contributed by atoms with Gasteiger partial charge in [0, 0.05) is 6.54 Å². The Morgan fingerprint density at radius 2 is 2.19 bits per heavy atom. The number of primary amides is 1. The molecule has 3 N–H and O–H groups in total. The number of hydrogen-bond acceptors (Lipinski definition) is 4. The zero-order chi connectivity index (χ0) is 15.8. The van der Waals surface area contributed by atoms with Crippen molar-refractivity contribution in [2.75, 3.05) is 20.3 Å². The van der Waals surface area contributed by atoms with Gasteiger partial charge in [0.15, 0.2) is 11.5 Å². The van der Waals surface area contributed by atoms with E-state index in [0.717, 1.165) is 29.5 Å². The van der Waals surface area contributed by atoms with E-state index >= 15 is 0 Å². The topological polar surface area (TPSA) is 73.6 Å². The van der Waals surface area contributed by atoms with Crippen LogP contribution in [0.5, 0.6) is 11.5 Å². The molecule has 1 aromatic rings. The first-order valence-electron chi connectivity index (χ1n) is 6.98. The van der Waals surface area contributed by atoms with Gasteiger partial charge in [0.05, 0.1) is 24.1 Å². The molecule has 0 aliphatic heterocycles. The van der Waals surface area contributed by atoms with E-state index in [1.807, 2.05) is 12.1 Å². The standard InChI is InChI=1S/C15H23BrN2O3/c1-4-5-18-8-11-6-12(16)14(13(7-11)20-3)21-9-10(2)15(17)19/h6-7,10,18H,4-5,8-9H2,1-3H3,(H2,17,19). The molecule has 0 aliphatic rings. The van der Waals surface area contributed by atoms with Crippen molar-refractivity contribution < 1.29 is 14.3 Å². The number of nitrogens with one attached hydrogen (secondary N) is 1. The van der Waals surface area contributed by atoms with Crippen LogP contribution in [0.25, 0.3) is 0 Å². The predicted molar refractivity (Wildman–Crippen MR) is 86.5 cm³/mol. The summed E-state index contributed by atoms with van der Waals surface area (Å²) < 4.78 is 11.8. The first-order chi connectivity index (χ1) is 9.99. The Hall–Kier alpha value is -1.27. The molecule has 0 spiro atoms. The lowest BCUT2D eigenvalue weighted by Gasteiger charge is -2.16. The number of hydrogen-bond donors (Lipinski definition) is 2. The predicted octanol–water partition coefficient (Wildman–Crippen LogP) is 2.46. The zero-order valence-corrected chi connectivity index (χ0v) is 14.3. The van der Waals surface area contributed by atoms with Crippen LogP contribution >= 0.6 is 15.9 Å². The third kappa shape index (κ3) is 5.55. The largest absolute Gasteiger partial charge is 0.493 e. The number of carbonyl (C=O) groups is 1. The Morgan fingerprint density at radius 3 is 2.76 bits per heavy atom. The minimum absolute atomic E-state index is 0.220. The molecule has 0 radical (unpaired) electrons. The fraction of sp³-hybridized carbons (Fsp3) is 0.533. The van der Waals surface area contributed by atoms with Gasteiger partial charge >= 0.3 is 0 Å². The molecule has 1 atom stereocenters. The number of rotatable bonds is 9. The smallest absolute Gasteiger partial charge is 0.223 e. The van der Waals surface area contributed by atoms with Gasteiger partial charge in [-0.1, -0.05) is 13.8 Å². The second-order valence-electron chi connectivity index (χ2n) is 4.90. The summed E-state index contributed by atoms with van der Waals surface area (Å²) in [7, 11) is 1.59. The highest BCUT2D eigenvalue weighted by Gasteiger charge is 2.15. The molecule has 21 heavy (non-hydrogen) atoms. The minimum atomic E-state index is -0.384. The van der Waals surface area contributed by atoms with Gasteiger partial charge in [0.25, 0.3) is 0 Å². The molecule has 0 heterocycles. The van der Waals surface area contributed by atoms with E-state index in [1.54, 1.807) is 14.0 Å². The summed E-state index contributed by atoms with van der Waals surface area (Å²) in [6, 6.07) is 3.91. The molecule has 0 saturated carbocycles. The number of benzene rings is 1. The fourth-order valence-electron chi connectivity index (χ4n) is 1.72. The van der Waals surface area contributed by atoms with Gasteiger partial charge in [-0.05, 0) is 46.6 Å². The number of halogens is 1. The summed E-state index contributed by atoms with van der Waals surface area (Å²) >= 11 is 3.49. The normalized spacial score (nSPS) is 12.0. The third-order valence-electron chi connectivity index (χ3n) is 3.01. The average molecular weight is 359 g/mol. The molecule has 0 saturated heterocycles. The van der Waals surface area contributed by atoms with Crippen molar-refractivity contribution in [2.45, 2.75) is 26.8 Å². The van der Waals surface area contributed by atoms with Crippen molar-refractivity contribution in [1.29, 1.82) is 0 Å². The minimum Gasteiger partial charge on any atom is -0.493 e. The van der Waals surface area contributed by atoms with Gasteiger partial charge in [-0.2, -0.15) is 0 Å². The lowest BCUT2D eigenvalue weighted by atomic mass is 10.2. The Balaban J connectivity index is 2.81. The van der Waals surface area contributed by atoms with Crippen molar-refractivity contribution in [3.05, 3.63) is 22.2 Å². The van der Waals surface area contributed by atoms with Crippen LogP contribution in [-0.2, 0) is 11.3 Å². The van der Waals surface area contributed by atoms with Gasteiger partial charge in [-0.15, -0.1) is 0 Å². The highest BCUT2D eigenvalue weighted by molar-refractivity contribution is 9.10. The van der Waals surface area contributed by atoms with Crippen LogP contribution in [-0.4, -0.2) is 26.2 Å². The molecule has 6 heteroatoms. The Labute approximate surface area is 134 Å². The molecule has 1 aromatic carbocycles. The Morgan fingerprint density at radius 1 is 1.48 bits per heavy atom. The van der Waals surface area contributed by atoms with Crippen molar-refractivity contribution in [3.8, 4) is 11.5 Å². The lowest BCUT2D eigenvalue weighted by Crippen LogP contribution is -2.26. The maximum absolute atomic E-state index is 11.1. The lowest BCUT2D eigenvalue weighted by molar-refractivity contribution is -0.122. The van der Waals surface area contributed by atoms with Crippen LogP contribution in [0.2, 0.25) is 0 Å². The molecule has 0 aliphatic carbocycles. The number of nitrogens with two attached hydrogens (primary N) is 1. The number of methoxy groups -OCH3 is 1. The highest BCUT2D eigenvalue weighted by Crippen LogP contribution is 2.36. The molecule has 0 aromatic heterocycles.